The van der Waals surface area contributed by atoms with E-state index >= 15 is 4.39 Å². The first kappa shape index (κ1) is 24.7. The molecular formula is C24H27F3N2O4S. The quantitative estimate of drug-likeness (QED) is 0.589. The minimum atomic E-state index is -4.30. The predicted molar refractivity (Wildman–Crippen MR) is 121 cm³/mol. The minimum absolute atomic E-state index is 0.0616. The van der Waals surface area contributed by atoms with E-state index < -0.39 is 57.5 Å². The number of halogens is 3. The number of alkyl halides is 2. The molecule has 2 aromatic carbocycles. The van der Waals surface area contributed by atoms with E-state index in [9.17, 15) is 27.1 Å². The maximum atomic E-state index is 15.6. The molecule has 1 aliphatic heterocycles. The Bertz CT molecular complexity index is 1170. The topological polar surface area (TPSA) is 86.7 Å². The average molecular weight is 497 g/mol. The summed E-state index contributed by atoms with van der Waals surface area (Å²) in [6.07, 6.45) is 1.04. The zero-order valence-corrected chi connectivity index (χ0v) is 19.5. The van der Waals surface area contributed by atoms with Crippen molar-refractivity contribution in [3.05, 3.63) is 59.9 Å². The van der Waals surface area contributed by atoms with Crippen LogP contribution in [0.25, 0.3) is 11.1 Å². The summed E-state index contributed by atoms with van der Waals surface area (Å²) in [5, 5.41) is 10.3. The van der Waals surface area contributed by atoms with Crippen molar-refractivity contribution in [1.82, 2.24) is 9.62 Å². The summed E-state index contributed by atoms with van der Waals surface area (Å²) in [6.45, 7) is -0.228. The number of carbonyl (C=O) groups is 1. The van der Waals surface area contributed by atoms with Gasteiger partial charge in [0.15, 0.2) is 5.60 Å². The van der Waals surface area contributed by atoms with Crippen LogP contribution in [0.15, 0.2) is 48.5 Å². The molecule has 0 radical (unpaired) electrons. The van der Waals surface area contributed by atoms with Crippen molar-refractivity contribution in [3.63, 3.8) is 0 Å². The van der Waals surface area contributed by atoms with Gasteiger partial charge < -0.3 is 10.0 Å². The summed E-state index contributed by atoms with van der Waals surface area (Å²) in [4.78, 5) is 14.3. The molecule has 3 atom stereocenters. The fourth-order valence-corrected chi connectivity index (χ4v) is 5.68. The number of sulfonamides is 1. The van der Waals surface area contributed by atoms with E-state index in [-0.39, 0.29) is 18.5 Å². The largest absolute Gasteiger partial charge is 0.378 e. The Balaban J connectivity index is 1.74. The molecule has 2 fully saturated rings. The third kappa shape index (κ3) is 4.58. The molecule has 2 N–H and O–H groups in total. The first-order valence-electron chi connectivity index (χ1n) is 11.0. The van der Waals surface area contributed by atoms with Crippen LogP contribution < -0.4 is 4.72 Å². The molecule has 184 valence electrons. The maximum absolute atomic E-state index is 15.6. The van der Waals surface area contributed by atoms with E-state index in [1.54, 1.807) is 42.5 Å². The fraction of sp³-hybridized carbons (Fsp3) is 0.458. The van der Waals surface area contributed by atoms with Crippen LogP contribution in [0.5, 0.6) is 0 Å². The number of hydrogen-bond acceptors (Lipinski definition) is 4. The first-order chi connectivity index (χ1) is 16.0. The highest BCUT2D eigenvalue weighted by molar-refractivity contribution is 7.89. The molecule has 0 aromatic heterocycles. The molecule has 2 aromatic rings. The summed E-state index contributed by atoms with van der Waals surface area (Å²) in [6, 6.07) is 10.2. The van der Waals surface area contributed by atoms with Gasteiger partial charge in [0.2, 0.25) is 16.0 Å². The highest BCUT2D eigenvalue weighted by atomic mass is 32.2. The molecule has 10 heteroatoms. The van der Waals surface area contributed by atoms with Crippen LogP contribution >= 0.6 is 0 Å². The van der Waals surface area contributed by atoms with Gasteiger partial charge in [0, 0.05) is 23.6 Å². The highest BCUT2D eigenvalue weighted by Gasteiger charge is 2.62. The normalized spacial score (nSPS) is 23.1. The SMILES string of the molecule is C[C@](O)(CF)C(=O)N1CC2(CC2)[C@H](NS(=O)(=O)CF)[C@@H]1Cc1cccc(-c2ccccc2)c1F. The molecule has 1 saturated heterocycles. The van der Waals surface area contributed by atoms with Crippen molar-refractivity contribution in [1.29, 1.82) is 0 Å². The number of benzene rings is 2. The Labute approximate surface area is 196 Å². The third-order valence-electron chi connectivity index (χ3n) is 6.85. The zero-order chi connectivity index (χ0) is 24.7. The number of hydrogen-bond donors (Lipinski definition) is 2. The van der Waals surface area contributed by atoms with Gasteiger partial charge in [0.05, 0.1) is 6.04 Å². The van der Waals surface area contributed by atoms with Gasteiger partial charge in [0.1, 0.15) is 12.5 Å². The molecule has 1 aliphatic carbocycles. The van der Waals surface area contributed by atoms with Gasteiger partial charge in [-0.15, -0.1) is 0 Å². The van der Waals surface area contributed by atoms with Gasteiger partial charge in [-0.05, 0) is 37.3 Å². The third-order valence-corrected chi connectivity index (χ3v) is 7.75. The van der Waals surface area contributed by atoms with Crippen molar-refractivity contribution in [3.8, 4) is 11.1 Å². The van der Waals surface area contributed by atoms with Gasteiger partial charge >= 0.3 is 0 Å². The Morgan fingerprint density at radius 1 is 1.18 bits per heavy atom. The lowest BCUT2D eigenvalue weighted by Crippen LogP contribution is -2.54. The van der Waals surface area contributed by atoms with Gasteiger partial charge in [-0.2, -0.15) is 0 Å². The second-order valence-corrected chi connectivity index (χ2v) is 11.1. The zero-order valence-electron chi connectivity index (χ0n) is 18.7. The van der Waals surface area contributed by atoms with E-state index in [2.05, 4.69) is 4.72 Å². The molecule has 1 heterocycles. The maximum Gasteiger partial charge on any atom is 0.257 e. The molecule has 0 unspecified atom stereocenters. The Kier molecular flexibility index (Phi) is 6.52. The van der Waals surface area contributed by atoms with Crippen molar-refractivity contribution in [2.75, 3.05) is 19.2 Å². The number of carbonyl (C=O) groups excluding carboxylic acids is 1. The summed E-state index contributed by atoms with van der Waals surface area (Å²) in [5.41, 5.74) is -1.76. The Morgan fingerprint density at radius 2 is 1.85 bits per heavy atom. The predicted octanol–water partition coefficient (Wildman–Crippen LogP) is 2.96. The van der Waals surface area contributed by atoms with E-state index in [1.165, 1.54) is 11.0 Å². The fourth-order valence-electron chi connectivity index (χ4n) is 4.82. The highest BCUT2D eigenvalue weighted by Crippen LogP contribution is 2.56. The second-order valence-electron chi connectivity index (χ2n) is 9.44. The van der Waals surface area contributed by atoms with Gasteiger partial charge in [-0.3, -0.25) is 4.79 Å². The van der Waals surface area contributed by atoms with Crippen molar-refractivity contribution in [2.24, 2.45) is 5.41 Å². The lowest BCUT2D eigenvalue weighted by molar-refractivity contribution is -0.152. The number of aliphatic hydroxyl groups is 1. The van der Waals surface area contributed by atoms with E-state index in [0.29, 0.717) is 24.0 Å². The van der Waals surface area contributed by atoms with Crippen LogP contribution in [-0.4, -0.2) is 61.2 Å². The van der Waals surface area contributed by atoms with E-state index in [0.717, 1.165) is 6.92 Å². The molecule has 0 bridgehead atoms. The summed E-state index contributed by atoms with van der Waals surface area (Å²) in [7, 11) is -4.30. The monoisotopic (exact) mass is 496 g/mol. The summed E-state index contributed by atoms with van der Waals surface area (Å²) < 4.78 is 68.8. The first-order valence-corrected chi connectivity index (χ1v) is 12.7. The molecule has 1 amide bonds. The number of amides is 1. The van der Waals surface area contributed by atoms with E-state index in [4.69, 9.17) is 0 Å². The van der Waals surface area contributed by atoms with Crippen molar-refractivity contribution < 1.29 is 31.5 Å². The standard InChI is InChI=1S/C24H27F3N2O4S/c1-23(31,13-25)22(30)29-14-24(10-11-24)21(28-34(32,33)15-26)19(29)12-17-8-5-9-18(20(17)27)16-6-3-2-4-7-16/h2-9,19,21,28,31H,10-15H2,1H3/t19-,21+,23-/m0/s1. The van der Waals surface area contributed by atoms with E-state index in [1.807, 2.05) is 0 Å². The van der Waals surface area contributed by atoms with Crippen LogP contribution in [0.1, 0.15) is 25.3 Å². The molecule has 6 nitrogen and oxygen atoms in total. The number of rotatable bonds is 8. The summed E-state index contributed by atoms with van der Waals surface area (Å²) >= 11 is 0. The minimum Gasteiger partial charge on any atom is -0.378 e. The average Bonchev–Trinajstić information content (AvgIpc) is 3.55. The second kappa shape index (κ2) is 8.98. The van der Waals surface area contributed by atoms with Crippen LogP contribution in [0.2, 0.25) is 0 Å². The van der Waals surface area contributed by atoms with Crippen molar-refractivity contribution in [2.45, 2.75) is 43.9 Å². The van der Waals surface area contributed by atoms with Gasteiger partial charge in [-0.25, -0.2) is 26.3 Å². The molecule has 2 aliphatic rings. The lowest BCUT2D eigenvalue weighted by atomic mass is 9.91. The molecule has 1 saturated carbocycles. The summed E-state index contributed by atoms with van der Waals surface area (Å²) in [5.74, 6) is -1.44. The molecule has 1 spiro atoms. The molecule has 4 rings (SSSR count). The smallest absolute Gasteiger partial charge is 0.257 e. The van der Waals surface area contributed by atoms with Crippen LogP contribution in [0.3, 0.4) is 0 Å². The van der Waals surface area contributed by atoms with Crippen molar-refractivity contribution >= 4 is 15.9 Å². The van der Waals surface area contributed by atoms with Crippen LogP contribution in [0.4, 0.5) is 13.2 Å². The van der Waals surface area contributed by atoms with Gasteiger partial charge in [0.25, 0.3) is 5.91 Å². The Morgan fingerprint density at radius 3 is 2.44 bits per heavy atom. The van der Waals surface area contributed by atoms with Crippen LogP contribution in [0, 0.1) is 11.2 Å². The molecular weight excluding hydrogens is 469 g/mol. The van der Waals surface area contributed by atoms with Crippen LogP contribution in [-0.2, 0) is 21.2 Å². The number of nitrogens with zero attached hydrogens (tertiary/aromatic N) is 1. The lowest BCUT2D eigenvalue weighted by Gasteiger charge is -2.33. The Hall–Kier alpha value is -2.43. The number of nitrogens with one attached hydrogen (secondary N) is 1. The number of likely N-dealkylation sites (tertiary alicyclic amines) is 1. The molecule has 34 heavy (non-hydrogen) atoms. The van der Waals surface area contributed by atoms with Gasteiger partial charge in [-0.1, -0.05) is 48.5 Å².